The Bertz CT molecular complexity index is 3610. The summed E-state index contributed by atoms with van der Waals surface area (Å²) in [4.78, 5) is 2.41. The molecule has 10 aromatic carbocycles. The summed E-state index contributed by atoms with van der Waals surface area (Å²) in [5, 5.41) is 6.90. The zero-order valence-corrected chi connectivity index (χ0v) is 33.1. The normalized spacial score (nSPS) is 11.6. The molecule has 3 heteroatoms. The van der Waals surface area contributed by atoms with Crippen LogP contribution in [0.25, 0.3) is 99.2 Å². The minimum atomic E-state index is 0.875. The van der Waals surface area contributed by atoms with Gasteiger partial charge in [0.05, 0.1) is 11.4 Å². The highest BCUT2D eigenvalue weighted by atomic mass is 16.3. The molecule has 0 amide bonds. The first-order valence-electron chi connectivity index (χ1n) is 20.7. The van der Waals surface area contributed by atoms with Crippen LogP contribution in [-0.4, -0.2) is 0 Å². The fourth-order valence-electron chi connectivity index (χ4n) is 9.25. The van der Waals surface area contributed by atoms with Gasteiger partial charge < -0.3 is 13.7 Å². The molecular weight excluding hydrogens is 743 g/mol. The predicted molar refractivity (Wildman–Crippen MR) is 255 cm³/mol. The number of para-hydroxylation sites is 6. The first-order valence-corrected chi connectivity index (χ1v) is 20.7. The van der Waals surface area contributed by atoms with Crippen LogP contribution in [0.3, 0.4) is 0 Å². The number of anilines is 3. The summed E-state index contributed by atoms with van der Waals surface area (Å²) in [6, 6.07) is 80.0. The van der Waals surface area contributed by atoms with Crippen molar-refractivity contribution in [2.24, 2.45) is 0 Å². The third-order valence-corrected chi connectivity index (χ3v) is 12.1. The van der Waals surface area contributed by atoms with E-state index in [1.807, 2.05) is 24.3 Å². The number of nitrogens with zero attached hydrogens (tertiary/aromatic N) is 1. The van der Waals surface area contributed by atoms with E-state index in [4.69, 9.17) is 8.83 Å². The van der Waals surface area contributed by atoms with Gasteiger partial charge in [-0.15, -0.1) is 0 Å². The number of hydrogen-bond donors (Lipinski definition) is 0. The molecule has 0 saturated carbocycles. The monoisotopic (exact) mass is 779 g/mol. The van der Waals surface area contributed by atoms with Gasteiger partial charge in [0.15, 0.2) is 0 Å². The van der Waals surface area contributed by atoms with Gasteiger partial charge in [-0.2, -0.15) is 0 Å². The molecule has 0 fully saturated rings. The molecule has 0 spiro atoms. The third kappa shape index (κ3) is 5.82. The van der Waals surface area contributed by atoms with Crippen molar-refractivity contribution in [3.05, 3.63) is 224 Å². The summed E-state index contributed by atoms with van der Waals surface area (Å²) in [6.45, 7) is 0. The summed E-state index contributed by atoms with van der Waals surface area (Å²) < 4.78 is 13.2. The molecule has 61 heavy (non-hydrogen) atoms. The highest BCUT2D eigenvalue weighted by Crippen LogP contribution is 2.48. The van der Waals surface area contributed by atoms with Gasteiger partial charge in [0, 0.05) is 49.5 Å². The second-order valence-electron chi connectivity index (χ2n) is 15.6. The highest BCUT2D eigenvalue weighted by Gasteiger charge is 2.24. The van der Waals surface area contributed by atoms with Crippen LogP contribution in [0.15, 0.2) is 233 Å². The maximum atomic E-state index is 6.67. The van der Waals surface area contributed by atoms with E-state index < -0.39 is 0 Å². The van der Waals surface area contributed by atoms with Crippen LogP contribution in [0, 0.1) is 0 Å². The Hall–Kier alpha value is -8.14. The molecule has 12 aromatic rings. The van der Waals surface area contributed by atoms with E-state index in [-0.39, 0.29) is 0 Å². The van der Waals surface area contributed by atoms with Gasteiger partial charge in [0.25, 0.3) is 0 Å². The predicted octanol–water partition coefficient (Wildman–Crippen LogP) is 16.8. The van der Waals surface area contributed by atoms with Gasteiger partial charge in [0.1, 0.15) is 22.3 Å². The van der Waals surface area contributed by atoms with E-state index in [1.165, 1.54) is 21.9 Å². The Kier molecular flexibility index (Phi) is 8.17. The molecular formula is C58H37NO2. The van der Waals surface area contributed by atoms with Crippen molar-refractivity contribution in [3.63, 3.8) is 0 Å². The van der Waals surface area contributed by atoms with Crippen molar-refractivity contribution in [1.82, 2.24) is 0 Å². The highest BCUT2D eigenvalue weighted by molar-refractivity contribution is 6.12. The smallest absolute Gasteiger partial charge is 0.143 e. The van der Waals surface area contributed by atoms with Crippen molar-refractivity contribution in [3.8, 4) is 44.5 Å². The van der Waals surface area contributed by atoms with Gasteiger partial charge >= 0.3 is 0 Å². The summed E-state index contributed by atoms with van der Waals surface area (Å²) in [5.74, 6) is 0. The number of benzene rings is 10. The summed E-state index contributed by atoms with van der Waals surface area (Å²) in [7, 11) is 0. The lowest BCUT2D eigenvalue weighted by Crippen LogP contribution is -2.12. The van der Waals surface area contributed by atoms with E-state index in [1.54, 1.807) is 0 Å². The van der Waals surface area contributed by atoms with Crippen molar-refractivity contribution in [2.45, 2.75) is 0 Å². The van der Waals surface area contributed by atoms with Crippen molar-refractivity contribution < 1.29 is 8.83 Å². The average molecular weight is 780 g/mol. The molecule has 0 saturated heterocycles. The first kappa shape index (κ1) is 34.9. The van der Waals surface area contributed by atoms with Gasteiger partial charge in [-0.25, -0.2) is 0 Å². The average Bonchev–Trinajstić information content (AvgIpc) is 3.91. The third-order valence-electron chi connectivity index (χ3n) is 12.1. The molecule has 0 N–H and O–H groups in total. The standard InChI is InChI=1S/C58H37NO2/c1-2-16-40-37-41(32-31-38(40)15-1)43-17-3-4-18-45(43)46-19-5-9-27-53(46)59(42-35-33-39(34-36-42)44-23-13-25-51-48-21-7-11-29-55(48)60-57(44)51)54-28-10-6-20-47(54)50-24-14-26-52-49-22-8-12-30-56(49)61-58(50)52/h1-37H. The minimum Gasteiger partial charge on any atom is -0.455 e. The SMILES string of the molecule is c1ccc(-c2ccccc2N(c2ccc(-c3cccc4c3oc3ccccc34)cc2)c2ccccc2-c2cccc3c2oc2ccccc23)c(-c2ccc3ccccc3c2)c1. The molecule has 0 unspecified atom stereocenters. The second kappa shape index (κ2) is 14.3. The topological polar surface area (TPSA) is 29.5 Å². The molecule has 12 rings (SSSR count). The zero-order valence-electron chi connectivity index (χ0n) is 33.1. The van der Waals surface area contributed by atoms with Gasteiger partial charge in [0.2, 0.25) is 0 Å². The van der Waals surface area contributed by atoms with E-state index in [9.17, 15) is 0 Å². The van der Waals surface area contributed by atoms with Crippen LogP contribution < -0.4 is 4.90 Å². The molecule has 2 heterocycles. The first-order chi connectivity index (χ1) is 30.3. The number of hydrogen-bond acceptors (Lipinski definition) is 3. The fourth-order valence-corrected chi connectivity index (χ4v) is 9.25. The Morgan fingerprint density at radius 1 is 0.279 bits per heavy atom. The Labute approximate surface area is 353 Å². The Balaban J connectivity index is 1.07. The second-order valence-corrected chi connectivity index (χ2v) is 15.6. The van der Waals surface area contributed by atoms with E-state index in [0.29, 0.717) is 0 Å². The van der Waals surface area contributed by atoms with Gasteiger partial charge in [-0.05, 0) is 75.5 Å². The molecule has 0 aliphatic carbocycles. The van der Waals surface area contributed by atoms with Crippen LogP contribution in [0.2, 0.25) is 0 Å². The lowest BCUT2D eigenvalue weighted by molar-refractivity contribution is 0.669. The lowest BCUT2D eigenvalue weighted by Gasteiger charge is -2.30. The van der Waals surface area contributed by atoms with E-state index in [0.717, 1.165) is 94.3 Å². The summed E-state index contributed by atoms with van der Waals surface area (Å²) >= 11 is 0. The Morgan fingerprint density at radius 2 is 0.738 bits per heavy atom. The van der Waals surface area contributed by atoms with Gasteiger partial charge in [-0.3, -0.25) is 0 Å². The van der Waals surface area contributed by atoms with Crippen molar-refractivity contribution in [1.29, 1.82) is 0 Å². The fraction of sp³-hybridized carbons (Fsp3) is 0. The van der Waals surface area contributed by atoms with Crippen LogP contribution >= 0.6 is 0 Å². The molecule has 0 atom stereocenters. The quantitative estimate of drug-likeness (QED) is 0.161. The molecule has 0 aliphatic heterocycles. The van der Waals surface area contributed by atoms with Gasteiger partial charge in [-0.1, -0.05) is 182 Å². The number of fused-ring (bicyclic) bond motifs is 7. The molecule has 286 valence electrons. The summed E-state index contributed by atoms with van der Waals surface area (Å²) in [5.41, 5.74) is 15.6. The molecule has 0 radical (unpaired) electrons. The van der Waals surface area contributed by atoms with Crippen LogP contribution in [0.1, 0.15) is 0 Å². The molecule has 0 bridgehead atoms. The molecule has 0 aliphatic rings. The molecule has 2 aromatic heterocycles. The number of furan rings is 2. The van der Waals surface area contributed by atoms with Crippen LogP contribution in [0.4, 0.5) is 17.1 Å². The maximum Gasteiger partial charge on any atom is 0.143 e. The molecule has 3 nitrogen and oxygen atoms in total. The lowest BCUT2D eigenvalue weighted by atomic mass is 9.91. The summed E-state index contributed by atoms with van der Waals surface area (Å²) in [6.07, 6.45) is 0. The minimum absolute atomic E-state index is 0.875. The van der Waals surface area contributed by atoms with E-state index in [2.05, 4.69) is 205 Å². The largest absolute Gasteiger partial charge is 0.455 e. The Morgan fingerprint density at radius 3 is 1.41 bits per heavy atom. The number of rotatable bonds is 7. The van der Waals surface area contributed by atoms with Crippen molar-refractivity contribution in [2.75, 3.05) is 4.90 Å². The van der Waals surface area contributed by atoms with Crippen LogP contribution in [-0.2, 0) is 0 Å². The maximum absolute atomic E-state index is 6.67. The van der Waals surface area contributed by atoms with Crippen molar-refractivity contribution >= 4 is 71.7 Å². The van der Waals surface area contributed by atoms with E-state index >= 15 is 0 Å². The van der Waals surface area contributed by atoms with Crippen LogP contribution in [0.5, 0.6) is 0 Å². The zero-order chi connectivity index (χ0) is 40.3.